The van der Waals surface area contributed by atoms with Crippen LogP contribution in [0.3, 0.4) is 0 Å². The lowest BCUT2D eigenvalue weighted by molar-refractivity contribution is 0.0937. The molecule has 0 spiro atoms. The summed E-state index contributed by atoms with van der Waals surface area (Å²) in [6.45, 7) is 0. The van der Waals surface area contributed by atoms with Gasteiger partial charge in [-0.15, -0.1) is 0 Å². The average Bonchev–Trinajstić information content (AvgIpc) is 3.21. The molecule has 30 heavy (non-hydrogen) atoms. The van der Waals surface area contributed by atoms with Gasteiger partial charge in [0, 0.05) is 25.5 Å². The van der Waals surface area contributed by atoms with Gasteiger partial charge in [-0.05, 0) is 29.8 Å². The molecule has 158 valence electrons. The summed E-state index contributed by atoms with van der Waals surface area (Å²) >= 11 is 0. The summed E-state index contributed by atoms with van der Waals surface area (Å²) in [5.74, 6) is 2.37. The first-order valence-electron chi connectivity index (χ1n) is 9.24. The number of amides is 1. The minimum Gasteiger partial charge on any atom is -0.497 e. The molecule has 0 aliphatic carbocycles. The normalized spacial score (nSPS) is 11.5. The Kier molecular flexibility index (Phi) is 6.46. The van der Waals surface area contributed by atoms with E-state index >= 15 is 0 Å². The topological polar surface area (TPSA) is 83.8 Å². The van der Waals surface area contributed by atoms with Crippen LogP contribution < -0.4 is 24.3 Å². The Bertz CT molecular complexity index is 1010. The zero-order chi connectivity index (χ0) is 21.7. The molecular formula is C22H25N3O5. The van der Waals surface area contributed by atoms with E-state index in [0.29, 0.717) is 34.4 Å². The Hall–Kier alpha value is -3.68. The van der Waals surface area contributed by atoms with E-state index in [-0.39, 0.29) is 5.91 Å². The Balaban J connectivity index is 2.06. The van der Waals surface area contributed by atoms with E-state index in [1.807, 2.05) is 29.9 Å². The highest BCUT2D eigenvalue weighted by Crippen LogP contribution is 2.33. The van der Waals surface area contributed by atoms with Gasteiger partial charge >= 0.3 is 0 Å². The maximum atomic E-state index is 13.2. The summed E-state index contributed by atoms with van der Waals surface area (Å²) in [6.07, 6.45) is 3.50. The van der Waals surface area contributed by atoms with Gasteiger partial charge in [0.05, 0.1) is 34.0 Å². The summed E-state index contributed by atoms with van der Waals surface area (Å²) in [5, 5.41) is 3.05. The van der Waals surface area contributed by atoms with Crippen LogP contribution in [-0.2, 0) is 7.05 Å². The van der Waals surface area contributed by atoms with Crippen LogP contribution in [0.15, 0.2) is 48.8 Å². The SMILES string of the molecule is COc1cc(OC)cc(C(NC(=O)c2cccc(OC)c2OC)c2nccn2C)c1. The number of methoxy groups -OCH3 is 4. The fourth-order valence-corrected chi connectivity index (χ4v) is 3.22. The van der Waals surface area contributed by atoms with Crippen LogP contribution in [0.25, 0.3) is 0 Å². The van der Waals surface area contributed by atoms with Crippen molar-refractivity contribution in [1.82, 2.24) is 14.9 Å². The summed E-state index contributed by atoms with van der Waals surface area (Å²) in [7, 11) is 8.05. The van der Waals surface area contributed by atoms with Crippen LogP contribution in [0, 0.1) is 0 Å². The molecular weight excluding hydrogens is 386 g/mol. The van der Waals surface area contributed by atoms with Crippen LogP contribution in [-0.4, -0.2) is 43.9 Å². The molecule has 0 radical (unpaired) electrons. The van der Waals surface area contributed by atoms with Crippen molar-refractivity contribution in [3.8, 4) is 23.0 Å². The molecule has 0 fully saturated rings. The van der Waals surface area contributed by atoms with Gasteiger partial charge in [0.15, 0.2) is 11.5 Å². The van der Waals surface area contributed by atoms with Gasteiger partial charge in [-0.2, -0.15) is 0 Å². The van der Waals surface area contributed by atoms with Crippen molar-refractivity contribution in [2.24, 2.45) is 7.05 Å². The molecule has 2 aromatic carbocycles. The Morgan fingerprint density at radius 2 is 1.70 bits per heavy atom. The molecule has 8 nitrogen and oxygen atoms in total. The number of rotatable bonds is 8. The predicted molar refractivity (Wildman–Crippen MR) is 112 cm³/mol. The Morgan fingerprint density at radius 1 is 1.00 bits per heavy atom. The van der Waals surface area contributed by atoms with E-state index in [1.165, 1.54) is 14.2 Å². The first kappa shape index (κ1) is 21.0. The first-order chi connectivity index (χ1) is 14.5. The lowest BCUT2D eigenvalue weighted by Gasteiger charge is -2.21. The van der Waals surface area contributed by atoms with Crippen LogP contribution in [0.2, 0.25) is 0 Å². The predicted octanol–water partition coefficient (Wildman–Crippen LogP) is 2.97. The first-order valence-corrected chi connectivity index (χ1v) is 9.24. The van der Waals surface area contributed by atoms with E-state index in [9.17, 15) is 4.79 Å². The monoisotopic (exact) mass is 411 g/mol. The number of hydrogen-bond donors (Lipinski definition) is 1. The zero-order valence-corrected chi connectivity index (χ0v) is 17.6. The number of nitrogens with zero attached hydrogens (tertiary/aromatic N) is 2. The third-order valence-corrected chi connectivity index (χ3v) is 4.75. The molecule has 1 aromatic heterocycles. The molecule has 8 heteroatoms. The molecule has 0 bridgehead atoms. The number of benzene rings is 2. The molecule has 0 saturated carbocycles. The van der Waals surface area contributed by atoms with Crippen LogP contribution >= 0.6 is 0 Å². The second-order valence-corrected chi connectivity index (χ2v) is 6.49. The van der Waals surface area contributed by atoms with Crippen molar-refractivity contribution in [3.05, 3.63) is 65.7 Å². The van der Waals surface area contributed by atoms with Crippen molar-refractivity contribution in [2.45, 2.75) is 6.04 Å². The van der Waals surface area contributed by atoms with Crippen molar-refractivity contribution in [3.63, 3.8) is 0 Å². The number of ether oxygens (including phenoxy) is 4. The number of imidazole rings is 1. The average molecular weight is 411 g/mol. The highest BCUT2D eigenvalue weighted by atomic mass is 16.5. The fourth-order valence-electron chi connectivity index (χ4n) is 3.22. The van der Waals surface area contributed by atoms with Gasteiger partial charge in [0.25, 0.3) is 5.91 Å². The highest BCUT2D eigenvalue weighted by Gasteiger charge is 2.25. The standard InChI is InChI=1S/C22H25N3O5/c1-25-10-9-23-21(25)19(14-11-15(27-2)13-16(12-14)28-3)24-22(26)17-7-6-8-18(29-4)20(17)30-5/h6-13,19H,1-5H3,(H,24,26). The third-order valence-electron chi connectivity index (χ3n) is 4.75. The Labute approximate surface area is 175 Å². The number of nitrogens with one attached hydrogen (secondary N) is 1. The number of carbonyl (C=O) groups is 1. The minimum atomic E-state index is -0.558. The summed E-state index contributed by atoms with van der Waals surface area (Å²) in [4.78, 5) is 17.7. The van der Waals surface area contributed by atoms with Crippen LogP contribution in [0.4, 0.5) is 0 Å². The highest BCUT2D eigenvalue weighted by molar-refractivity contribution is 5.98. The summed E-state index contributed by atoms with van der Waals surface area (Å²) < 4.78 is 23.4. The molecule has 1 unspecified atom stereocenters. The number of aryl methyl sites for hydroxylation is 1. The Morgan fingerprint density at radius 3 is 2.23 bits per heavy atom. The van der Waals surface area contributed by atoms with E-state index in [0.717, 1.165) is 5.56 Å². The maximum Gasteiger partial charge on any atom is 0.256 e. The van der Waals surface area contributed by atoms with Crippen LogP contribution in [0.1, 0.15) is 27.8 Å². The number of aromatic nitrogens is 2. The second kappa shape index (κ2) is 9.21. The molecule has 0 aliphatic heterocycles. The molecule has 1 atom stereocenters. The molecule has 1 N–H and O–H groups in total. The lowest BCUT2D eigenvalue weighted by atomic mass is 10.0. The molecule has 0 aliphatic rings. The molecule has 3 rings (SSSR count). The van der Waals surface area contributed by atoms with E-state index in [1.54, 1.807) is 44.7 Å². The number of hydrogen-bond acceptors (Lipinski definition) is 6. The number of para-hydroxylation sites is 1. The number of carbonyl (C=O) groups excluding carboxylic acids is 1. The molecule has 1 amide bonds. The van der Waals surface area contributed by atoms with Gasteiger partial charge in [0.2, 0.25) is 0 Å². The zero-order valence-electron chi connectivity index (χ0n) is 17.6. The molecule has 1 heterocycles. The van der Waals surface area contributed by atoms with Gasteiger partial charge in [-0.1, -0.05) is 6.07 Å². The molecule has 0 saturated heterocycles. The van der Waals surface area contributed by atoms with Gasteiger partial charge in [-0.3, -0.25) is 4.79 Å². The van der Waals surface area contributed by atoms with Crippen molar-refractivity contribution >= 4 is 5.91 Å². The third kappa shape index (κ3) is 4.17. The lowest BCUT2D eigenvalue weighted by Crippen LogP contribution is -2.31. The van der Waals surface area contributed by atoms with Crippen molar-refractivity contribution < 1.29 is 23.7 Å². The summed E-state index contributed by atoms with van der Waals surface area (Å²) in [6, 6.07) is 10.0. The minimum absolute atomic E-state index is 0.333. The van der Waals surface area contributed by atoms with E-state index < -0.39 is 6.04 Å². The van der Waals surface area contributed by atoms with Gasteiger partial charge in [-0.25, -0.2) is 4.98 Å². The maximum absolute atomic E-state index is 13.2. The largest absolute Gasteiger partial charge is 0.497 e. The van der Waals surface area contributed by atoms with Gasteiger partial charge < -0.3 is 28.8 Å². The van der Waals surface area contributed by atoms with Crippen molar-refractivity contribution in [1.29, 1.82) is 0 Å². The van der Waals surface area contributed by atoms with Crippen molar-refractivity contribution in [2.75, 3.05) is 28.4 Å². The fraction of sp³-hybridized carbons (Fsp3) is 0.273. The van der Waals surface area contributed by atoms with Gasteiger partial charge in [0.1, 0.15) is 23.4 Å². The van der Waals surface area contributed by atoms with E-state index in [2.05, 4.69) is 10.3 Å². The quantitative estimate of drug-likeness (QED) is 0.614. The van der Waals surface area contributed by atoms with Crippen LogP contribution in [0.5, 0.6) is 23.0 Å². The summed E-state index contributed by atoms with van der Waals surface area (Å²) in [5.41, 5.74) is 1.11. The second-order valence-electron chi connectivity index (χ2n) is 6.49. The van der Waals surface area contributed by atoms with E-state index in [4.69, 9.17) is 18.9 Å². The molecule has 3 aromatic rings. The smallest absolute Gasteiger partial charge is 0.256 e.